The van der Waals surface area contributed by atoms with Gasteiger partial charge < -0.3 is 10.6 Å². The molecule has 76 valence electrons. The molecule has 1 aromatic carbocycles. The average molecular weight is 255 g/mol. The first kappa shape index (κ1) is 9.99. The highest BCUT2D eigenvalue weighted by Gasteiger charge is 2.43. The van der Waals surface area contributed by atoms with E-state index in [1.807, 2.05) is 0 Å². The van der Waals surface area contributed by atoms with Crippen LogP contribution in [-0.4, -0.2) is 14.1 Å². The van der Waals surface area contributed by atoms with Crippen molar-refractivity contribution in [1.29, 1.82) is 0 Å². The monoisotopic (exact) mass is 254 g/mol. The minimum atomic E-state index is -0.0836. The highest BCUT2D eigenvalue weighted by Crippen LogP contribution is 2.49. The molecule has 1 aliphatic carbocycles. The first-order valence-corrected chi connectivity index (χ1v) is 5.59. The summed E-state index contributed by atoms with van der Waals surface area (Å²) in [5.74, 6) is 0. The Bertz CT molecular complexity index is 356. The second-order valence-corrected chi connectivity index (χ2v) is 5.04. The largest absolute Gasteiger partial charge is 0.377 e. The van der Waals surface area contributed by atoms with Crippen molar-refractivity contribution in [2.45, 2.75) is 18.4 Å². The summed E-state index contributed by atoms with van der Waals surface area (Å²) in [5, 5.41) is 0. The van der Waals surface area contributed by atoms with Crippen molar-refractivity contribution in [1.82, 2.24) is 0 Å². The number of benzene rings is 1. The molecule has 1 aromatic rings. The van der Waals surface area contributed by atoms with E-state index in [1.54, 1.807) is 0 Å². The topological polar surface area (TPSA) is 29.3 Å². The van der Waals surface area contributed by atoms with Crippen LogP contribution in [0.1, 0.15) is 18.4 Å². The average Bonchev–Trinajstić information content (AvgIpc) is 2.84. The number of halogens is 1. The Labute approximate surface area is 93.2 Å². The molecule has 0 amide bonds. The van der Waals surface area contributed by atoms with Crippen LogP contribution in [0.3, 0.4) is 0 Å². The van der Waals surface area contributed by atoms with Gasteiger partial charge in [0.25, 0.3) is 0 Å². The van der Waals surface area contributed by atoms with Crippen LogP contribution in [0.25, 0.3) is 0 Å². The maximum Gasteiger partial charge on any atom is 0.0443 e. The molecule has 0 spiro atoms. The lowest BCUT2D eigenvalue weighted by Gasteiger charge is -2.22. The summed E-state index contributed by atoms with van der Waals surface area (Å²) in [5.41, 5.74) is 8.64. The third-order valence-electron chi connectivity index (χ3n) is 2.76. The number of nitrogens with zero attached hydrogens (tertiary/aromatic N) is 1. The SMILES string of the molecule is CN(C)c1cccc(Br)c1C1(N)CC1. The van der Waals surface area contributed by atoms with Crippen LogP contribution in [0.2, 0.25) is 0 Å². The number of nitrogens with two attached hydrogens (primary N) is 1. The molecule has 0 saturated heterocycles. The number of hydrogen-bond acceptors (Lipinski definition) is 2. The highest BCUT2D eigenvalue weighted by molar-refractivity contribution is 9.10. The lowest BCUT2D eigenvalue weighted by molar-refractivity contribution is 0.733. The lowest BCUT2D eigenvalue weighted by atomic mass is 10.0. The molecule has 2 rings (SSSR count). The van der Waals surface area contributed by atoms with Gasteiger partial charge >= 0.3 is 0 Å². The summed E-state index contributed by atoms with van der Waals surface area (Å²) in [6.45, 7) is 0. The maximum atomic E-state index is 6.25. The fourth-order valence-corrected chi connectivity index (χ4v) is 2.51. The zero-order chi connectivity index (χ0) is 10.3. The van der Waals surface area contributed by atoms with Gasteiger partial charge in [-0.3, -0.25) is 0 Å². The van der Waals surface area contributed by atoms with Crippen LogP contribution in [0.4, 0.5) is 5.69 Å². The summed E-state index contributed by atoms with van der Waals surface area (Å²) >= 11 is 3.58. The van der Waals surface area contributed by atoms with Crippen LogP contribution in [-0.2, 0) is 5.54 Å². The molecule has 0 aliphatic heterocycles. The molecule has 0 bridgehead atoms. The van der Waals surface area contributed by atoms with Crippen molar-refractivity contribution in [2.75, 3.05) is 19.0 Å². The summed E-state index contributed by atoms with van der Waals surface area (Å²) in [6, 6.07) is 6.23. The Hall–Kier alpha value is -0.540. The number of rotatable bonds is 2. The standard InChI is InChI=1S/C11H15BrN2/c1-14(2)9-5-3-4-8(12)10(9)11(13)6-7-11/h3-5H,6-7,13H2,1-2H3. The Morgan fingerprint density at radius 3 is 2.50 bits per heavy atom. The molecule has 2 nitrogen and oxygen atoms in total. The molecule has 0 radical (unpaired) electrons. The van der Waals surface area contributed by atoms with E-state index < -0.39 is 0 Å². The molecule has 0 unspecified atom stereocenters. The van der Waals surface area contributed by atoms with Gasteiger partial charge in [0.05, 0.1) is 0 Å². The van der Waals surface area contributed by atoms with Crippen molar-refractivity contribution in [3.8, 4) is 0 Å². The van der Waals surface area contributed by atoms with Crippen LogP contribution in [0.5, 0.6) is 0 Å². The van der Waals surface area contributed by atoms with E-state index in [0.717, 1.165) is 17.3 Å². The van der Waals surface area contributed by atoms with E-state index in [0.29, 0.717) is 0 Å². The van der Waals surface area contributed by atoms with Gasteiger partial charge in [-0.2, -0.15) is 0 Å². The molecule has 1 fully saturated rings. The summed E-state index contributed by atoms with van der Waals surface area (Å²) < 4.78 is 1.13. The van der Waals surface area contributed by atoms with Gasteiger partial charge in [0.1, 0.15) is 0 Å². The van der Waals surface area contributed by atoms with E-state index >= 15 is 0 Å². The van der Waals surface area contributed by atoms with Crippen molar-refractivity contribution in [2.24, 2.45) is 5.73 Å². The molecule has 0 atom stereocenters. The number of anilines is 1. The molecular formula is C11H15BrN2. The van der Waals surface area contributed by atoms with Gasteiger partial charge in [-0.1, -0.05) is 22.0 Å². The Morgan fingerprint density at radius 2 is 2.00 bits per heavy atom. The summed E-state index contributed by atoms with van der Waals surface area (Å²) in [7, 11) is 4.11. The Morgan fingerprint density at radius 1 is 1.36 bits per heavy atom. The molecule has 1 aliphatic rings. The van der Waals surface area contributed by atoms with Crippen LogP contribution in [0.15, 0.2) is 22.7 Å². The smallest absolute Gasteiger partial charge is 0.0443 e. The van der Waals surface area contributed by atoms with E-state index in [4.69, 9.17) is 5.73 Å². The minimum absolute atomic E-state index is 0.0836. The molecule has 1 saturated carbocycles. The molecule has 14 heavy (non-hydrogen) atoms. The van der Waals surface area contributed by atoms with Gasteiger partial charge in [0.15, 0.2) is 0 Å². The van der Waals surface area contributed by atoms with Crippen molar-refractivity contribution in [3.63, 3.8) is 0 Å². The molecule has 3 heteroatoms. The fourth-order valence-electron chi connectivity index (χ4n) is 1.76. The van der Waals surface area contributed by atoms with E-state index in [-0.39, 0.29) is 5.54 Å². The van der Waals surface area contributed by atoms with E-state index in [1.165, 1.54) is 11.3 Å². The first-order valence-electron chi connectivity index (χ1n) is 4.80. The predicted octanol–water partition coefficient (Wildman–Crippen LogP) is 2.46. The van der Waals surface area contributed by atoms with Crippen molar-refractivity contribution >= 4 is 21.6 Å². The highest BCUT2D eigenvalue weighted by atomic mass is 79.9. The Balaban J connectivity index is 2.54. The quantitative estimate of drug-likeness (QED) is 0.879. The summed E-state index contributed by atoms with van der Waals surface area (Å²) in [4.78, 5) is 2.12. The van der Waals surface area contributed by atoms with Gasteiger partial charge in [-0.15, -0.1) is 0 Å². The molecular weight excluding hydrogens is 240 g/mol. The van der Waals surface area contributed by atoms with Crippen molar-refractivity contribution < 1.29 is 0 Å². The van der Waals surface area contributed by atoms with Gasteiger partial charge in [0.2, 0.25) is 0 Å². The van der Waals surface area contributed by atoms with Gasteiger partial charge in [-0.25, -0.2) is 0 Å². The first-order chi connectivity index (χ1) is 6.54. The fraction of sp³-hybridized carbons (Fsp3) is 0.455. The third kappa shape index (κ3) is 1.55. The second-order valence-electron chi connectivity index (χ2n) is 4.18. The van der Waals surface area contributed by atoms with Crippen LogP contribution < -0.4 is 10.6 Å². The summed E-state index contributed by atoms with van der Waals surface area (Å²) in [6.07, 6.45) is 2.19. The van der Waals surface area contributed by atoms with Gasteiger partial charge in [0, 0.05) is 35.4 Å². The molecule has 2 N–H and O–H groups in total. The van der Waals surface area contributed by atoms with E-state index in [2.05, 4.69) is 53.1 Å². The molecule has 0 heterocycles. The zero-order valence-electron chi connectivity index (χ0n) is 8.55. The van der Waals surface area contributed by atoms with Crippen LogP contribution in [0, 0.1) is 0 Å². The van der Waals surface area contributed by atoms with Gasteiger partial charge in [-0.05, 0) is 25.0 Å². The third-order valence-corrected chi connectivity index (χ3v) is 3.42. The lowest BCUT2D eigenvalue weighted by Crippen LogP contribution is -2.23. The maximum absolute atomic E-state index is 6.25. The Kier molecular flexibility index (Phi) is 2.32. The number of hydrogen-bond donors (Lipinski definition) is 1. The minimum Gasteiger partial charge on any atom is -0.377 e. The van der Waals surface area contributed by atoms with Crippen molar-refractivity contribution in [3.05, 3.63) is 28.2 Å². The second kappa shape index (κ2) is 3.24. The zero-order valence-corrected chi connectivity index (χ0v) is 10.1. The van der Waals surface area contributed by atoms with E-state index in [9.17, 15) is 0 Å². The molecule has 0 aromatic heterocycles. The predicted molar refractivity (Wildman–Crippen MR) is 63.6 cm³/mol. The normalized spacial score (nSPS) is 18.0. The van der Waals surface area contributed by atoms with Crippen LogP contribution >= 0.6 is 15.9 Å².